The Bertz CT molecular complexity index is 1090. The molecule has 3 aromatic rings. The van der Waals surface area contributed by atoms with Crippen LogP contribution in [0.25, 0.3) is 5.69 Å². The van der Waals surface area contributed by atoms with Crippen molar-refractivity contribution in [3.8, 4) is 5.69 Å². The molecule has 1 aliphatic rings. The Morgan fingerprint density at radius 2 is 1.72 bits per heavy atom. The minimum Gasteiger partial charge on any atom is -0.454 e. The first-order valence-electron chi connectivity index (χ1n) is 9.87. The van der Waals surface area contributed by atoms with Crippen molar-refractivity contribution in [1.29, 1.82) is 0 Å². The van der Waals surface area contributed by atoms with E-state index in [2.05, 4.69) is 9.67 Å². The lowest BCUT2D eigenvalue weighted by molar-refractivity contribution is 0.0474. The number of rotatable bonds is 6. The smallest absolute Gasteiger partial charge is 0.338 e. The Morgan fingerprint density at radius 1 is 1.03 bits per heavy atom. The maximum atomic E-state index is 12.6. The minimum absolute atomic E-state index is 0.169. The van der Waals surface area contributed by atoms with E-state index < -0.39 is 5.97 Å². The number of hydrogen-bond donors (Lipinski definition) is 0. The van der Waals surface area contributed by atoms with Gasteiger partial charge in [0.2, 0.25) is 5.78 Å². The van der Waals surface area contributed by atoms with Gasteiger partial charge >= 0.3 is 5.97 Å². The Morgan fingerprint density at radius 3 is 2.31 bits per heavy atom. The van der Waals surface area contributed by atoms with Gasteiger partial charge in [-0.05, 0) is 76.9 Å². The highest BCUT2D eigenvalue weighted by molar-refractivity contribution is 6.00. The van der Waals surface area contributed by atoms with E-state index in [1.165, 1.54) is 0 Å². The van der Waals surface area contributed by atoms with E-state index in [0.717, 1.165) is 41.3 Å². The zero-order valence-corrected chi connectivity index (χ0v) is 17.2. The van der Waals surface area contributed by atoms with Crippen molar-refractivity contribution in [3.63, 3.8) is 0 Å². The van der Waals surface area contributed by atoms with Crippen LogP contribution in [0.1, 0.15) is 62.4 Å². The summed E-state index contributed by atoms with van der Waals surface area (Å²) in [4.78, 5) is 25.0. The van der Waals surface area contributed by atoms with E-state index in [0.29, 0.717) is 17.2 Å². The normalized spacial score (nSPS) is 13.5. The maximum Gasteiger partial charge on any atom is 0.338 e. The van der Waals surface area contributed by atoms with Crippen LogP contribution in [0.15, 0.2) is 36.4 Å². The number of esters is 1. The molecule has 0 spiro atoms. The van der Waals surface area contributed by atoms with Gasteiger partial charge in [-0.25, -0.2) is 9.48 Å². The molecular formula is C23H25N3O3. The van der Waals surface area contributed by atoms with Crippen LogP contribution < -0.4 is 0 Å². The molecular weight excluding hydrogens is 366 g/mol. The standard InChI is InChI=1S/C23H25N3O3/c1-14-11-16(3)26(24-14)20-7-5-18(6-8-20)23(28)29-13-22(27)21-12-15(2)25(17(21)4)19-9-10-19/h5-8,11-12,19H,9-10,13H2,1-4H3. The van der Waals surface area contributed by atoms with Crippen molar-refractivity contribution >= 4 is 11.8 Å². The Hall–Kier alpha value is -3.15. The molecule has 29 heavy (non-hydrogen) atoms. The van der Waals surface area contributed by atoms with Crippen LogP contribution in [0.2, 0.25) is 0 Å². The largest absolute Gasteiger partial charge is 0.454 e. The summed E-state index contributed by atoms with van der Waals surface area (Å²) >= 11 is 0. The van der Waals surface area contributed by atoms with Crippen molar-refractivity contribution in [2.24, 2.45) is 0 Å². The van der Waals surface area contributed by atoms with Gasteiger partial charge in [-0.1, -0.05) is 0 Å². The fraction of sp³-hybridized carbons (Fsp3) is 0.348. The van der Waals surface area contributed by atoms with E-state index >= 15 is 0 Å². The van der Waals surface area contributed by atoms with Crippen LogP contribution >= 0.6 is 0 Å². The summed E-state index contributed by atoms with van der Waals surface area (Å²) in [6.07, 6.45) is 2.32. The third-order valence-corrected chi connectivity index (χ3v) is 5.39. The molecule has 2 aromatic heterocycles. The highest BCUT2D eigenvalue weighted by atomic mass is 16.5. The number of ether oxygens (including phenoxy) is 1. The Labute approximate surface area is 170 Å². The third-order valence-electron chi connectivity index (χ3n) is 5.39. The molecule has 6 nitrogen and oxygen atoms in total. The van der Waals surface area contributed by atoms with Gasteiger partial charge in [-0.2, -0.15) is 5.10 Å². The van der Waals surface area contributed by atoms with Gasteiger partial charge in [-0.15, -0.1) is 0 Å². The number of carbonyl (C=O) groups excluding carboxylic acids is 2. The first kappa shape index (κ1) is 19.2. The molecule has 1 fully saturated rings. The van der Waals surface area contributed by atoms with Gasteiger partial charge in [0, 0.05) is 28.7 Å². The predicted octanol–water partition coefficient (Wildman–Crippen LogP) is 4.28. The summed E-state index contributed by atoms with van der Waals surface area (Å²) in [5, 5.41) is 4.44. The van der Waals surface area contributed by atoms with Crippen LogP contribution in [0.5, 0.6) is 0 Å². The van der Waals surface area contributed by atoms with Gasteiger partial charge in [0.25, 0.3) is 0 Å². The molecule has 1 aromatic carbocycles. The molecule has 0 atom stereocenters. The Balaban J connectivity index is 1.41. The first-order valence-corrected chi connectivity index (χ1v) is 9.87. The number of nitrogens with zero attached hydrogens (tertiary/aromatic N) is 3. The molecule has 0 amide bonds. The average molecular weight is 391 g/mol. The van der Waals surface area contributed by atoms with Gasteiger partial charge in [0.15, 0.2) is 6.61 Å². The molecule has 0 saturated heterocycles. The number of aromatic nitrogens is 3. The van der Waals surface area contributed by atoms with Crippen LogP contribution in [-0.2, 0) is 4.74 Å². The summed E-state index contributed by atoms with van der Waals surface area (Å²) in [6.45, 7) is 7.63. The SMILES string of the molecule is Cc1cc(C)n(-c2ccc(C(=O)OCC(=O)c3cc(C)n(C4CC4)c3C)cc2)n1. The van der Waals surface area contributed by atoms with Gasteiger partial charge < -0.3 is 9.30 Å². The topological polar surface area (TPSA) is 66.1 Å². The average Bonchev–Trinajstić information content (AvgIpc) is 3.40. The summed E-state index contributed by atoms with van der Waals surface area (Å²) in [6, 6.07) is 11.4. The van der Waals surface area contributed by atoms with Crippen LogP contribution in [0.4, 0.5) is 0 Å². The highest BCUT2D eigenvalue weighted by Gasteiger charge is 2.28. The number of carbonyl (C=O) groups is 2. The molecule has 1 aliphatic carbocycles. The van der Waals surface area contributed by atoms with E-state index in [4.69, 9.17) is 4.74 Å². The lowest BCUT2D eigenvalue weighted by Gasteiger charge is -2.08. The quantitative estimate of drug-likeness (QED) is 0.465. The minimum atomic E-state index is -0.505. The van der Waals surface area contributed by atoms with E-state index in [9.17, 15) is 9.59 Å². The van der Waals surface area contributed by atoms with Crippen LogP contribution in [-0.4, -0.2) is 32.7 Å². The Kier molecular flexibility index (Phi) is 4.86. The predicted molar refractivity (Wildman–Crippen MR) is 110 cm³/mol. The van der Waals surface area contributed by atoms with E-state index in [1.807, 2.05) is 56.6 Å². The van der Waals surface area contributed by atoms with Crippen molar-refractivity contribution in [2.75, 3.05) is 6.61 Å². The van der Waals surface area contributed by atoms with Gasteiger partial charge in [0.1, 0.15) is 0 Å². The molecule has 1 saturated carbocycles. The second-order valence-corrected chi connectivity index (χ2v) is 7.77. The lowest BCUT2D eigenvalue weighted by atomic mass is 10.1. The highest BCUT2D eigenvalue weighted by Crippen LogP contribution is 2.38. The fourth-order valence-corrected chi connectivity index (χ4v) is 3.88. The van der Waals surface area contributed by atoms with E-state index in [-0.39, 0.29) is 12.4 Å². The van der Waals surface area contributed by atoms with Crippen molar-refractivity contribution in [1.82, 2.24) is 14.3 Å². The summed E-state index contributed by atoms with van der Waals surface area (Å²) < 4.78 is 9.32. The monoisotopic (exact) mass is 391 g/mol. The van der Waals surface area contributed by atoms with Crippen LogP contribution in [0, 0.1) is 27.7 Å². The number of Topliss-reactive ketones (excluding diaryl/α,β-unsaturated/α-hetero) is 1. The second kappa shape index (κ2) is 7.35. The van der Waals surface area contributed by atoms with Gasteiger partial charge in [-0.3, -0.25) is 4.79 Å². The summed E-state index contributed by atoms with van der Waals surface area (Å²) in [7, 11) is 0. The molecule has 6 heteroatoms. The third kappa shape index (κ3) is 3.75. The molecule has 0 N–H and O–H groups in total. The van der Waals surface area contributed by atoms with Crippen molar-refractivity contribution in [2.45, 2.75) is 46.6 Å². The van der Waals surface area contributed by atoms with Crippen LogP contribution in [0.3, 0.4) is 0 Å². The molecule has 0 radical (unpaired) electrons. The molecule has 2 heterocycles. The summed E-state index contributed by atoms with van der Waals surface area (Å²) in [5.41, 5.74) is 5.92. The molecule has 0 bridgehead atoms. The lowest BCUT2D eigenvalue weighted by Crippen LogP contribution is -2.15. The second-order valence-electron chi connectivity index (χ2n) is 7.77. The first-order chi connectivity index (χ1) is 13.8. The molecule has 0 unspecified atom stereocenters. The number of hydrogen-bond acceptors (Lipinski definition) is 4. The summed E-state index contributed by atoms with van der Waals surface area (Å²) in [5.74, 6) is -0.674. The number of ketones is 1. The number of benzene rings is 1. The molecule has 150 valence electrons. The zero-order valence-electron chi connectivity index (χ0n) is 17.2. The van der Waals surface area contributed by atoms with Crippen molar-refractivity contribution in [3.05, 3.63) is 70.3 Å². The van der Waals surface area contributed by atoms with E-state index in [1.54, 1.807) is 12.1 Å². The molecule has 0 aliphatic heterocycles. The maximum absolute atomic E-state index is 12.6. The molecule has 4 rings (SSSR count). The number of aryl methyl sites for hydroxylation is 3. The fourth-order valence-electron chi connectivity index (χ4n) is 3.88. The van der Waals surface area contributed by atoms with Crippen molar-refractivity contribution < 1.29 is 14.3 Å². The van der Waals surface area contributed by atoms with Gasteiger partial charge in [0.05, 0.1) is 16.9 Å². The zero-order chi connectivity index (χ0) is 20.7.